The molecule has 3 rings (SSSR count). The van der Waals surface area contributed by atoms with Gasteiger partial charge in [-0.3, -0.25) is 9.69 Å². The second-order valence-electron chi connectivity index (χ2n) is 7.43. The second kappa shape index (κ2) is 8.39. The molecular weight excluding hydrogens is 343 g/mol. The smallest absolute Gasteiger partial charge is 0.224 e. The molecule has 1 atom stereocenters. The van der Waals surface area contributed by atoms with Crippen molar-refractivity contribution in [1.29, 1.82) is 0 Å². The van der Waals surface area contributed by atoms with Crippen molar-refractivity contribution in [2.24, 2.45) is 0 Å². The van der Waals surface area contributed by atoms with Crippen LogP contribution in [0.25, 0.3) is 0 Å². The van der Waals surface area contributed by atoms with E-state index in [1.54, 1.807) is 0 Å². The summed E-state index contributed by atoms with van der Waals surface area (Å²) in [6.07, 6.45) is 3.59. The molecule has 7 heteroatoms. The van der Waals surface area contributed by atoms with E-state index in [0.717, 1.165) is 64.0 Å². The Balaban J connectivity index is 1.55. The molecule has 26 heavy (non-hydrogen) atoms. The third-order valence-corrected chi connectivity index (χ3v) is 5.50. The summed E-state index contributed by atoms with van der Waals surface area (Å²) in [4.78, 5) is 17.0. The number of carbonyl (C=O) groups excluding carboxylic acids is 1. The molecular formula is C19H26F3N3O. The first-order valence-corrected chi connectivity index (χ1v) is 9.28. The number of halogens is 3. The molecule has 4 nitrogen and oxygen atoms in total. The lowest BCUT2D eigenvalue weighted by atomic mass is 9.98. The summed E-state index contributed by atoms with van der Waals surface area (Å²) in [5.74, 6) is -3.78. The molecule has 1 N–H and O–H groups in total. The fourth-order valence-electron chi connectivity index (χ4n) is 3.99. The standard InChI is InChI=1S/C19H26F3N3O/c1-24-9-6-14(7-10-24)25-8-2-3-13(12-25)23-18(26)11-15-16(20)4-5-17(21)19(15)22/h4-5,13-14H,2-3,6-12H2,1H3,(H,23,26)/t13-/m0/s1. The molecule has 2 aliphatic rings. The van der Waals surface area contributed by atoms with Crippen LogP contribution in [-0.4, -0.2) is 61.0 Å². The number of amides is 1. The number of nitrogens with one attached hydrogen (secondary N) is 1. The number of rotatable bonds is 4. The number of piperidine rings is 2. The Hall–Kier alpha value is -1.60. The summed E-state index contributed by atoms with van der Waals surface area (Å²) in [6.45, 7) is 3.94. The lowest BCUT2D eigenvalue weighted by molar-refractivity contribution is -0.121. The molecule has 0 radical (unpaired) electrons. The van der Waals surface area contributed by atoms with E-state index >= 15 is 0 Å². The Labute approximate surface area is 152 Å². The minimum atomic E-state index is -1.28. The fourth-order valence-corrected chi connectivity index (χ4v) is 3.99. The number of carbonyl (C=O) groups is 1. The van der Waals surface area contributed by atoms with Gasteiger partial charge in [0, 0.05) is 24.2 Å². The van der Waals surface area contributed by atoms with Gasteiger partial charge >= 0.3 is 0 Å². The van der Waals surface area contributed by atoms with Crippen molar-refractivity contribution < 1.29 is 18.0 Å². The molecule has 1 aromatic carbocycles. The van der Waals surface area contributed by atoms with Crippen molar-refractivity contribution in [3.63, 3.8) is 0 Å². The molecule has 0 spiro atoms. The van der Waals surface area contributed by atoms with E-state index in [2.05, 4.69) is 22.2 Å². The Morgan fingerprint density at radius 3 is 2.54 bits per heavy atom. The molecule has 0 bridgehead atoms. The van der Waals surface area contributed by atoms with Gasteiger partial charge in [-0.05, 0) is 64.5 Å². The molecule has 1 aromatic rings. The zero-order valence-electron chi connectivity index (χ0n) is 15.1. The van der Waals surface area contributed by atoms with Gasteiger partial charge in [0.1, 0.15) is 5.82 Å². The normalized spacial score (nSPS) is 23.2. The monoisotopic (exact) mass is 369 g/mol. The van der Waals surface area contributed by atoms with Crippen molar-refractivity contribution in [2.75, 3.05) is 33.2 Å². The molecule has 0 unspecified atom stereocenters. The van der Waals surface area contributed by atoms with Crippen LogP contribution in [-0.2, 0) is 11.2 Å². The number of hydrogen-bond donors (Lipinski definition) is 1. The Morgan fingerprint density at radius 1 is 1.12 bits per heavy atom. The van der Waals surface area contributed by atoms with Crippen LogP contribution in [0.4, 0.5) is 13.2 Å². The van der Waals surface area contributed by atoms with Gasteiger partial charge in [-0.25, -0.2) is 13.2 Å². The summed E-state index contributed by atoms with van der Waals surface area (Å²) in [5.41, 5.74) is -0.509. The third kappa shape index (κ3) is 4.57. The van der Waals surface area contributed by atoms with E-state index in [1.807, 2.05) is 0 Å². The average molecular weight is 369 g/mol. The van der Waals surface area contributed by atoms with E-state index in [9.17, 15) is 18.0 Å². The molecule has 2 aliphatic heterocycles. The maximum Gasteiger partial charge on any atom is 0.224 e. The highest BCUT2D eigenvalue weighted by Crippen LogP contribution is 2.21. The minimum absolute atomic E-state index is 0.0319. The lowest BCUT2D eigenvalue weighted by Crippen LogP contribution is -2.53. The highest BCUT2D eigenvalue weighted by molar-refractivity contribution is 5.79. The van der Waals surface area contributed by atoms with Crippen molar-refractivity contribution in [2.45, 2.75) is 44.2 Å². The number of nitrogens with zero attached hydrogens (tertiary/aromatic N) is 2. The van der Waals surface area contributed by atoms with Crippen molar-refractivity contribution in [1.82, 2.24) is 15.1 Å². The van der Waals surface area contributed by atoms with Crippen LogP contribution in [0.1, 0.15) is 31.2 Å². The van der Waals surface area contributed by atoms with Crippen LogP contribution >= 0.6 is 0 Å². The maximum atomic E-state index is 13.7. The summed E-state index contributed by atoms with van der Waals surface area (Å²) in [7, 11) is 2.13. The highest BCUT2D eigenvalue weighted by atomic mass is 19.2. The van der Waals surface area contributed by atoms with Gasteiger partial charge in [-0.2, -0.15) is 0 Å². The van der Waals surface area contributed by atoms with Crippen molar-refractivity contribution in [3.8, 4) is 0 Å². The van der Waals surface area contributed by atoms with Gasteiger partial charge in [0.15, 0.2) is 11.6 Å². The molecule has 1 amide bonds. The Morgan fingerprint density at radius 2 is 1.81 bits per heavy atom. The van der Waals surface area contributed by atoms with Gasteiger partial charge in [0.2, 0.25) is 5.91 Å². The number of likely N-dealkylation sites (tertiary alicyclic amines) is 2. The average Bonchev–Trinajstić information content (AvgIpc) is 2.63. The predicted octanol–water partition coefficient (Wildman–Crippen LogP) is 2.32. The van der Waals surface area contributed by atoms with E-state index in [1.165, 1.54) is 0 Å². The molecule has 2 heterocycles. The third-order valence-electron chi connectivity index (χ3n) is 5.50. The summed E-state index contributed by atoms with van der Waals surface area (Å²) < 4.78 is 40.7. The molecule has 0 aromatic heterocycles. The van der Waals surface area contributed by atoms with Crippen molar-refractivity contribution >= 4 is 5.91 Å². The van der Waals surface area contributed by atoms with Crippen molar-refractivity contribution in [3.05, 3.63) is 35.1 Å². The van der Waals surface area contributed by atoms with Crippen LogP contribution in [0, 0.1) is 17.5 Å². The van der Waals surface area contributed by atoms with Crippen LogP contribution in [0.5, 0.6) is 0 Å². The van der Waals surface area contributed by atoms with Gasteiger partial charge in [0.25, 0.3) is 0 Å². The second-order valence-corrected chi connectivity index (χ2v) is 7.43. The minimum Gasteiger partial charge on any atom is -0.352 e. The van der Waals surface area contributed by atoms with E-state index in [0.29, 0.717) is 6.04 Å². The summed E-state index contributed by atoms with van der Waals surface area (Å²) in [5, 5.41) is 2.87. The number of hydrogen-bond acceptors (Lipinski definition) is 3. The van der Waals surface area contributed by atoms with Crippen LogP contribution in [0.3, 0.4) is 0 Å². The molecule has 2 fully saturated rings. The topological polar surface area (TPSA) is 35.6 Å². The zero-order chi connectivity index (χ0) is 18.7. The first kappa shape index (κ1) is 19.2. The van der Waals surface area contributed by atoms with E-state index in [4.69, 9.17) is 0 Å². The summed E-state index contributed by atoms with van der Waals surface area (Å²) in [6, 6.07) is 2.08. The maximum absolute atomic E-state index is 13.7. The Kier molecular flexibility index (Phi) is 6.19. The first-order valence-electron chi connectivity index (χ1n) is 9.28. The van der Waals surface area contributed by atoms with Gasteiger partial charge < -0.3 is 10.2 Å². The number of benzene rings is 1. The predicted molar refractivity (Wildman–Crippen MR) is 93.3 cm³/mol. The zero-order valence-corrected chi connectivity index (χ0v) is 15.1. The highest BCUT2D eigenvalue weighted by Gasteiger charge is 2.29. The Bertz CT molecular complexity index is 647. The van der Waals surface area contributed by atoms with Crippen LogP contribution < -0.4 is 5.32 Å². The molecule has 144 valence electrons. The molecule has 0 aliphatic carbocycles. The fraction of sp³-hybridized carbons (Fsp3) is 0.632. The van der Waals surface area contributed by atoms with Crippen LogP contribution in [0.2, 0.25) is 0 Å². The SMILES string of the molecule is CN1CCC(N2CCC[C@H](NC(=O)Cc3c(F)ccc(F)c3F)C2)CC1. The molecule has 2 saturated heterocycles. The lowest BCUT2D eigenvalue weighted by Gasteiger charge is -2.41. The summed E-state index contributed by atoms with van der Waals surface area (Å²) >= 11 is 0. The van der Waals surface area contributed by atoms with Crippen LogP contribution in [0.15, 0.2) is 12.1 Å². The van der Waals surface area contributed by atoms with Gasteiger partial charge in [-0.15, -0.1) is 0 Å². The quantitative estimate of drug-likeness (QED) is 0.828. The van der Waals surface area contributed by atoms with E-state index < -0.39 is 35.3 Å². The van der Waals surface area contributed by atoms with E-state index in [-0.39, 0.29) is 6.04 Å². The first-order chi connectivity index (χ1) is 12.4. The van der Waals surface area contributed by atoms with Gasteiger partial charge in [0.05, 0.1) is 6.42 Å². The largest absolute Gasteiger partial charge is 0.352 e. The molecule has 0 saturated carbocycles. The van der Waals surface area contributed by atoms with Gasteiger partial charge in [-0.1, -0.05) is 0 Å².